The molecule has 0 atom stereocenters. The molecule has 1 aliphatic heterocycles. The highest BCUT2D eigenvalue weighted by molar-refractivity contribution is 9.11. The number of thioether (sulfide) groups is 1. The Morgan fingerprint density at radius 1 is 0.973 bits per heavy atom. The third kappa shape index (κ3) is 6.62. The lowest BCUT2D eigenvalue weighted by Crippen LogP contribution is -2.36. The number of nitrogens with zero attached hydrogens (tertiary/aromatic N) is 1. The van der Waals surface area contributed by atoms with Crippen LogP contribution in [0, 0.1) is 17.5 Å². The van der Waals surface area contributed by atoms with Gasteiger partial charge >= 0.3 is 0 Å². The summed E-state index contributed by atoms with van der Waals surface area (Å²) in [5.41, 5.74) is 1.06. The highest BCUT2D eigenvalue weighted by Gasteiger charge is 2.36. The Kier molecular flexibility index (Phi) is 8.40. The standard InChI is InChI=1S/C25H15Br2F3N2O4S/c26-17-7-14(8-18(27)23(17)36-12-13-1-3-15(28)4-2-13)9-21-24(34)32(25(35)37-21)11-22(33)31-20-6-5-16(29)10-19(20)30/h1-10H,11-12H2,(H,31,33)/b21-9+. The minimum absolute atomic E-state index is 0.0875. The SMILES string of the molecule is O=C(CN1C(=O)S/C(=C/c2cc(Br)c(OCc3ccc(F)cc3)c(Br)c2)C1=O)Nc1ccc(F)cc1F. The first-order chi connectivity index (χ1) is 17.6. The summed E-state index contributed by atoms with van der Waals surface area (Å²) in [5.74, 6) is -3.15. The number of nitrogens with one attached hydrogen (secondary N) is 1. The van der Waals surface area contributed by atoms with Gasteiger partial charge in [0.15, 0.2) is 0 Å². The zero-order chi connectivity index (χ0) is 26.7. The van der Waals surface area contributed by atoms with Gasteiger partial charge in [-0.1, -0.05) is 12.1 Å². The third-order valence-electron chi connectivity index (χ3n) is 5.00. The fourth-order valence-corrected chi connectivity index (χ4v) is 5.54. The molecule has 0 saturated carbocycles. The summed E-state index contributed by atoms with van der Waals surface area (Å²) >= 11 is 7.51. The van der Waals surface area contributed by atoms with Crippen LogP contribution in [0.15, 0.2) is 68.4 Å². The number of carbonyl (C=O) groups is 3. The van der Waals surface area contributed by atoms with E-state index in [9.17, 15) is 27.6 Å². The summed E-state index contributed by atoms with van der Waals surface area (Å²) in [6.45, 7) is -0.442. The normalized spacial score (nSPS) is 14.4. The number of ether oxygens (including phenoxy) is 1. The molecule has 190 valence electrons. The Morgan fingerprint density at radius 2 is 1.62 bits per heavy atom. The van der Waals surface area contributed by atoms with Gasteiger partial charge in [-0.2, -0.15) is 0 Å². The monoisotopic (exact) mass is 654 g/mol. The lowest BCUT2D eigenvalue weighted by Gasteiger charge is -2.13. The lowest BCUT2D eigenvalue weighted by molar-refractivity contribution is -0.127. The summed E-state index contributed by atoms with van der Waals surface area (Å²) in [6, 6.07) is 11.9. The molecule has 1 heterocycles. The van der Waals surface area contributed by atoms with E-state index in [1.54, 1.807) is 24.3 Å². The molecule has 0 unspecified atom stereocenters. The molecule has 37 heavy (non-hydrogen) atoms. The molecule has 4 rings (SSSR count). The van der Waals surface area contributed by atoms with Crippen LogP contribution in [0.5, 0.6) is 5.75 Å². The number of hydrogen-bond donors (Lipinski definition) is 1. The van der Waals surface area contributed by atoms with Crippen LogP contribution in [0.2, 0.25) is 0 Å². The average Bonchev–Trinajstić information content (AvgIpc) is 3.08. The molecule has 0 radical (unpaired) electrons. The Labute approximate surface area is 230 Å². The molecule has 1 fully saturated rings. The van der Waals surface area contributed by atoms with E-state index in [1.807, 2.05) is 0 Å². The summed E-state index contributed by atoms with van der Waals surface area (Å²) in [5, 5.41) is 1.55. The second-order valence-corrected chi connectivity index (χ2v) is 10.4. The molecule has 3 aromatic carbocycles. The molecule has 1 N–H and O–H groups in total. The van der Waals surface area contributed by atoms with Gasteiger partial charge in [-0.15, -0.1) is 0 Å². The molecule has 0 spiro atoms. The number of halogens is 5. The van der Waals surface area contributed by atoms with Crippen LogP contribution in [-0.2, 0) is 16.2 Å². The van der Waals surface area contributed by atoms with Gasteiger partial charge in [-0.25, -0.2) is 13.2 Å². The maximum atomic E-state index is 13.8. The van der Waals surface area contributed by atoms with Gasteiger partial charge in [-0.05, 0) is 97.2 Å². The molecule has 3 aromatic rings. The first-order valence-electron chi connectivity index (χ1n) is 10.5. The van der Waals surface area contributed by atoms with Crippen molar-refractivity contribution in [2.75, 3.05) is 11.9 Å². The summed E-state index contributed by atoms with van der Waals surface area (Å²) < 4.78 is 46.9. The van der Waals surface area contributed by atoms with Crippen molar-refractivity contribution >= 4 is 72.4 Å². The number of carbonyl (C=O) groups excluding carboxylic acids is 3. The minimum Gasteiger partial charge on any atom is -0.487 e. The first kappa shape index (κ1) is 27.0. The maximum absolute atomic E-state index is 13.8. The van der Waals surface area contributed by atoms with E-state index < -0.39 is 35.2 Å². The molecule has 3 amide bonds. The molecule has 0 aliphatic carbocycles. The van der Waals surface area contributed by atoms with Crippen molar-refractivity contribution in [3.05, 3.63) is 97.0 Å². The van der Waals surface area contributed by atoms with E-state index in [0.717, 1.165) is 22.6 Å². The van der Waals surface area contributed by atoms with Crippen molar-refractivity contribution in [1.82, 2.24) is 4.90 Å². The molecule has 6 nitrogen and oxygen atoms in total. The minimum atomic E-state index is -0.983. The van der Waals surface area contributed by atoms with Gasteiger partial charge in [0.05, 0.1) is 19.5 Å². The lowest BCUT2D eigenvalue weighted by atomic mass is 10.2. The van der Waals surface area contributed by atoms with Crippen molar-refractivity contribution in [1.29, 1.82) is 0 Å². The molecule has 0 bridgehead atoms. The molecular weight excluding hydrogens is 641 g/mol. The number of rotatable bonds is 7. The third-order valence-corrected chi connectivity index (χ3v) is 7.08. The highest BCUT2D eigenvalue weighted by atomic mass is 79.9. The van der Waals surface area contributed by atoms with Crippen molar-refractivity contribution in [2.45, 2.75) is 6.61 Å². The van der Waals surface area contributed by atoms with Gasteiger partial charge in [0.2, 0.25) is 5.91 Å². The Bertz CT molecular complexity index is 1410. The Hall–Kier alpha value is -3.09. The average molecular weight is 656 g/mol. The molecule has 1 saturated heterocycles. The van der Waals surface area contributed by atoms with E-state index in [1.165, 1.54) is 18.2 Å². The first-order valence-corrected chi connectivity index (χ1v) is 12.9. The molecule has 12 heteroatoms. The number of imide groups is 1. The predicted molar refractivity (Wildman–Crippen MR) is 140 cm³/mol. The number of hydrogen-bond acceptors (Lipinski definition) is 5. The number of amides is 3. The summed E-state index contributed by atoms with van der Waals surface area (Å²) in [7, 11) is 0. The highest BCUT2D eigenvalue weighted by Crippen LogP contribution is 2.38. The van der Waals surface area contributed by atoms with E-state index >= 15 is 0 Å². The van der Waals surface area contributed by atoms with Crippen LogP contribution in [0.1, 0.15) is 11.1 Å². The Morgan fingerprint density at radius 3 is 2.27 bits per heavy atom. The van der Waals surface area contributed by atoms with Gasteiger partial charge in [0, 0.05) is 6.07 Å². The fraction of sp³-hybridized carbons (Fsp3) is 0.0800. The predicted octanol–water partition coefficient (Wildman–Crippen LogP) is 6.88. The molecular formula is C25H15Br2F3N2O4S. The van der Waals surface area contributed by atoms with Crippen molar-refractivity contribution in [2.24, 2.45) is 0 Å². The largest absolute Gasteiger partial charge is 0.487 e. The van der Waals surface area contributed by atoms with E-state index in [0.29, 0.717) is 38.1 Å². The summed E-state index contributed by atoms with van der Waals surface area (Å²) in [6.07, 6.45) is 1.49. The smallest absolute Gasteiger partial charge is 0.294 e. The zero-order valence-corrected chi connectivity index (χ0v) is 22.6. The van der Waals surface area contributed by atoms with Gasteiger partial charge in [0.1, 0.15) is 36.4 Å². The topological polar surface area (TPSA) is 75.7 Å². The zero-order valence-electron chi connectivity index (χ0n) is 18.6. The number of benzene rings is 3. The quantitative estimate of drug-likeness (QED) is 0.281. The molecule has 1 aliphatic rings. The van der Waals surface area contributed by atoms with Gasteiger partial charge in [0.25, 0.3) is 11.1 Å². The van der Waals surface area contributed by atoms with Crippen molar-refractivity contribution in [3.63, 3.8) is 0 Å². The fourth-order valence-electron chi connectivity index (χ4n) is 3.25. The van der Waals surface area contributed by atoms with Gasteiger partial charge in [-0.3, -0.25) is 19.3 Å². The van der Waals surface area contributed by atoms with Gasteiger partial charge < -0.3 is 10.1 Å². The number of anilines is 1. The van der Waals surface area contributed by atoms with Crippen LogP contribution in [0.25, 0.3) is 6.08 Å². The van der Waals surface area contributed by atoms with Crippen LogP contribution in [0.3, 0.4) is 0 Å². The van der Waals surface area contributed by atoms with Crippen molar-refractivity contribution < 1.29 is 32.3 Å². The Balaban J connectivity index is 1.43. The van der Waals surface area contributed by atoms with Crippen LogP contribution in [0.4, 0.5) is 23.7 Å². The maximum Gasteiger partial charge on any atom is 0.294 e. The van der Waals surface area contributed by atoms with Crippen LogP contribution >= 0.6 is 43.6 Å². The second kappa shape index (κ2) is 11.5. The summed E-state index contributed by atoms with van der Waals surface area (Å²) in [4.78, 5) is 38.3. The van der Waals surface area contributed by atoms with Crippen molar-refractivity contribution in [3.8, 4) is 5.75 Å². The van der Waals surface area contributed by atoms with E-state index in [2.05, 4.69) is 37.2 Å². The van der Waals surface area contributed by atoms with E-state index in [-0.39, 0.29) is 23.0 Å². The van der Waals surface area contributed by atoms with Crippen LogP contribution < -0.4 is 10.1 Å². The second-order valence-electron chi connectivity index (χ2n) is 7.67. The van der Waals surface area contributed by atoms with E-state index in [4.69, 9.17) is 4.74 Å². The van der Waals surface area contributed by atoms with Crippen LogP contribution in [-0.4, -0.2) is 28.5 Å². The molecule has 0 aromatic heterocycles.